The van der Waals surface area contributed by atoms with E-state index in [1.807, 2.05) is 18.2 Å². The molecule has 26 heavy (non-hydrogen) atoms. The Labute approximate surface area is 157 Å². The van der Waals surface area contributed by atoms with Crippen molar-refractivity contribution >= 4 is 27.3 Å². The second kappa shape index (κ2) is 9.56. The monoisotopic (exact) mass is 398 g/mol. The fourth-order valence-corrected chi connectivity index (χ4v) is 4.33. The quantitative estimate of drug-likeness (QED) is 0.636. The van der Waals surface area contributed by atoms with Crippen LogP contribution in [-0.2, 0) is 21.2 Å². The second-order valence-corrected chi connectivity index (χ2v) is 8.31. The largest absolute Gasteiger partial charge is 0.493 e. The molecule has 2 rings (SSSR count). The zero-order chi connectivity index (χ0) is 19.0. The van der Waals surface area contributed by atoms with E-state index in [0.29, 0.717) is 24.5 Å². The van der Waals surface area contributed by atoms with Gasteiger partial charge in [0.25, 0.3) is 0 Å². The Morgan fingerprint density at radius 2 is 1.88 bits per heavy atom. The maximum absolute atomic E-state index is 11.9. The number of thiophene rings is 1. The lowest BCUT2D eigenvalue weighted by Gasteiger charge is -2.10. The summed E-state index contributed by atoms with van der Waals surface area (Å²) in [5, 5.41) is 4.46. The van der Waals surface area contributed by atoms with Gasteiger partial charge in [0.1, 0.15) is 4.21 Å². The summed E-state index contributed by atoms with van der Waals surface area (Å²) in [5.41, 5.74) is 1.00. The molecule has 0 aliphatic rings. The Morgan fingerprint density at radius 1 is 1.12 bits per heavy atom. The first kappa shape index (κ1) is 20.2. The molecule has 7 nitrogen and oxygen atoms in total. The van der Waals surface area contributed by atoms with E-state index < -0.39 is 10.0 Å². The molecule has 0 radical (unpaired) electrons. The van der Waals surface area contributed by atoms with E-state index in [9.17, 15) is 13.2 Å². The average Bonchev–Trinajstić information content (AvgIpc) is 3.17. The summed E-state index contributed by atoms with van der Waals surface area (Å²) in [6, 6.07) is 8.77. The first-order valence-corrected chi connectivity index (χ1v) is 10.3. The second-order valence-electron chi connectivity index (χ2n) is 5.37. The molecule has 0 fully saturated rings. The lowest BCUT2D eigenvalue weighted by atomic mass is 10.1. The molecule has 0 aliphatic heterocycles. The van der Waals surface area contributed by atoms with Gasteiger partial charge >= 0.3 is 0 Å². The molecule has 0 saturated heterocycles. The molecule has 2 aromatic rings. The molecule has 2 N–H and O–H groups in total. The number of methoxy groups -OCH3 is 2. The number of ether oxygens (including phenoxy) is 2. The van der Waals surface area contributed by atoms with Crippen molar-refractivity contribution in [1.29, 1.82) is 0 Å². The van der Waals surface area contributed by atoms with E-state index in [2.05, 4.69) is 10.0 Å². The first-order valence-electron chi connectivity index (χ1n) is 7.97. The molecule has 0 bridgehead atoms. The van der Waals surface area contributed by atoms with Crippen LogP contribution in [0.1, 0.15) is 12.0 Å². The summed E-state index contributed by atoms with van der Waals surface area (Å²) in [4.78, 5) is 11.8. The molecule has 1 amide bonds. The topological polar surface area (TPSA) is 93.7 Å². The fraction of sp³-hybridized carbons (Fsp3) is 0.353. The molecule has 142 valence electrons. The van der Waals surface area contributed by atoms with Gasteiger partial charge in [-0.05, 0) is 35.6 Å². The van der Waals surface area contributed by atoms with Gasteiger partial charge in [-0.2, -0.15) is 0 Å². The Morgan fingerprint density at radius 3 is 2.54 bits per heavy atom. The van der Waals surface area contributed by atoms with Gasteiger partial charge in [-0.15, -0.1) is 11.3 Å². The molecule has 1 aromatic heterocycles. The zero-order valence-electron chi connectivity index (χ0n) is 14.7. The third-order valence-corrected chi connectivity index (χ3v) is 6.45. The van der Waals surface area contributed by atoms with E-state index in [-0.39, 0.29) is 23.1 Å². The van der Waals surface area contributed by atoms with Crippen LogP contribution < -0.4 is 19.5 Å². The smallest absolute Gasteiger partial charge is 0.250 e. The van der Waals surface area contributed by atoms with Crippen LogP contribution in [-0.4, -0.2) is 41.6 Å². The third kappa shape index (κ3) is 5.72. The minimum Gasteiger partial charge on any atom is -0.493 e. The van der Waals surface area contributed by atoms with Crippen LogP contribution in [0.2, 0.25) is 0 Å². The Kier molecular flexibility index (Phi) is 7.43. The maximum atomic E-state index is 11.9. The molecule has 1 aromatic carbocycles. The molecule has 0 aliphatic carbocycles. The molecule has 0 atom stereocenters. The number of hydrogen-bond donors (Lipinski definition) is 2. The average molecular weight is 399 g/mol. The highest BCUT2D eigenvalue weighted by atomic mass is 32.2. The van der Waals surface area contributed by atoms with Gasteiger partial charge in [0.05, 0.1) is 14.2 Å². The van der Waals surface area contributed by atoms with Crippen molar-refractivity contribution in [2.45, 2.75) is 17.1 Å². The maximum Gasteiger partial charge on any atom is 0.250 e. The molecule has 0 spiro atoms. The van der Waals surface area contributed by atoms with Crippen LogP contribution in [0.15, 0.2) is 39.9 Å². The predicted molar refractivity (Wildman–Crippen MR) is 100 cm³/mol. The Hall–Kier alpha value is -2.10. The van der Waals surface area contributed by atoms with Crippen LogP contribution in [0.5, 0.6) is 11.5 Å². The summed E-state index contributed by atoms with van der Waals surface area (Å²) < 4.78 is 37.0. The van der Waals surface area contributed by atoms with E-state index in [1.54, 1.807) is 25.7 Å². The third-order valence-electron chi connectivity index (χ3n) is 3.59. The van der Waals surface area contributed by atoms with Crippen LogP contribution in [0.3, 0.4) is 0 Å². The molecule has 9 heteroatoms. The van der Waals surface area contributed by atoms with Crippen molar-refractivity contribution in [3.63, 3.8) is 0 Å². The molecule has 1 heterocycles. The van der Waals surface area contributed by atoms with Crippen molar-refractivity contribution in [2.24, 2.45) is 0 Å². The van der Waals surface area contributed by atoms with Crippen LogP contribution in [0.25, 0.3) is 0 Å². The van der Waals surface area contributed by atoms with Gasteiger partial charge in [-0.25, -0.2) is 13.1 Å². The van der Waals surface area contributed by atoms with E-state index in [4.69, 9.17) is 9.47 Å². The number of sulfonamides is 1. The number of carbonyl (C=O) groups is 1. The van der Waals surface area contributed by atoms with Crippen LogP contribution >= 0.6 is 11.3 Å². The molecular formula is C17H22N2O5S2. The fourth-order valence-electron chi connectivity index (χ4n) is 2.26. The van der Waals surface area contributed by atoms with E-state index in [0.717, 1.165) is 16.9 Å². The Bertz CT molecular complexity index is 820. The summed E-state index contributed by atoms with van der Waals surface area (Å²) >= 11 is 1.14. The van der Waals surface area contributed by atoms with Crippen molar-refractivity contribution in [1.82, 2.24) is 10.0 Å². The van der Waals surface area contributed by atoms with E-state index in [1.165, 1.54) is 6.07 Å². The highest BCUT2D eigenvalue weighted by Gasteiger charge is 2.14. The molecular weight excluding hydrogens is 376 g/mol. The lowest BCUT2D eigenvalue weighted by molar-refractivity contribution is -0.120. The highest BCUT2D eigenvalue weighted by Crippen LogP contribution is 2.27. The molecule has 0 saturated carbocycles. The van der Waals surface area contributed by atoms with Crippen molar-refractivity contribution < 1.29 is 22.7 Å². The van der Waals surface area contributed by atoms with Gasteiger partial charge in [0.2, 0.25) is 15.9 Å². The number of benzene rings is 1. The van der Waals surface area contributed by atoms with Gasteiger partial charge in [-0.1, -0.05) is 12.1 Å². The van der Waals surface area contributed by atoms with Gasteiger partial charge in [0.15, 0.2) is 11.5 Å². The number of hydrogen-bond acceptors (Lipinski definition) is 6. The summed E-state index contributed by atoms with van der Waals surface area (Å²) in [6.45, 7) is 0.508. The predicted octanol–water partition coefficient (Wildman–Crippen LogP) is 1.79. The van der Waals surface area contributed by atoms with Crippen molar-refractivity contribution in [3.8, 4) is 11.5 Å². The number of rotatable bonds is 10. The number of nitrogens with one attached hydrogen (secondary N) is 2. The summed E-state index contributed by atoms with van der Waals surface area (Å²) in [7, 11) is -0.384. The van der Waals surface area contributed by atoms with E-state index >= 15 is 0 Å². The van der Waals surface area contributed by atoms with Crippen LogP contribution in [0.4, 0.5) is 0 Å². The lowest BCUT2D eigenvalue weighted by Crippen LogP contribution is -2.31. The number of carbonyl (C=O) groups excluding carboxylic acids is 1. The van der Waals surface area contributed by atoms with Crippen molar-refractivity contribution in [2.75, 3.05) is 27.3 Å². The SMILES string of the molecule is COc1ccc(CCNC(=O)CCNS(=O)(=O)c2cccs2)cc1OC. The zero-order valence-corrected chi connectivity index (χ0v) is 16.3. The van der Waals surface area contributed by atoms with Gasteiger partial charge < -0.3 is 14.8 Å². The number of amides is 1. The summed E-state index contributed by atoms with van der Waals surface area (Å²) in [6.07, 6.45) is 0.712. The normalized spacial score (nSPS) is 11.2. The minimum absolute atomic E-state index is 0.0580. The van der Waals surface area contributed by atoms with Gasteiger partial charge in [0, 0.05) is 19.5 Å². The van der Waals surface area contributed by atoms with Crippen molar-refractivity contribution in [3.05, 3.63) is 41.3 Å². The standard InChI is InChI=1S/C17H22N2O5S2/c1-23-14-6-5-13(12-15(14)24-2)7-9-18-16(20)8-10-19-26(21,22)17-4-3-11-25-17/h3-6,11-12,19H,7-10H2,1-2H3,(H,18,20). The summed E-state index contributed by atoms with van der Waals surface area (Å²) in [5.74, 6) is 1.08. The Balaban J connectivity index is 1.72. The van der Waals surface area contributed by atoms with Gasteiger partial charge in [-0.3, -0.25) is 4.79 Å². The first-order chi connectivity index (χ1) is 12.5. The highest BCUT2D eigenvalue weighted by molar-refractivity contribution is 7.91. The molecule has 0 unspecified atom stereocenters. The minimum atomic E-state index is -3.53. The van der Waals surface area contributed by atoms with Crippen LogP contribution in [0, 0.1) is 0 Å².